The lowest BCUT2D eigenvalue weighted by Gasteiger charge is -2.33. The van der Waals surface area contributed by atoms with Crippen LogP contribution in [0.5, 0.6) is 0 Å². The number of ether oxygens (including phenoxy) is 1. The highest BCUT2D eigenvalue weighted by atomic mass is 16.5. The van der Waals surface area contributed by atoms with E-state index in [4.69, 9.17) is 14.1 Å². The summed E-state index contributed by atoms with van der Waals surface area (Å²) >= 11 is 0. The van der Waals surface area contributed by atoms with Gasteiger partial charge >= 0.3 is 5.69 Å². The van der Waals surface area contributed by atoms with Crippen molar-refractivity contribution in [3.63, 3.8) is 0 Å². The maximum Gasteiger partial charge on any atom is 0.330 e. The number of nitrogens with one attached hydrogen (secondary N) is 2. The summed E-state index contributed by atoms with van der Waals surface area (Å²) < 4.78 is 12.9. The Hall–Kier alpha value is -3.24. The minimum absolute atomic E-state index is 0.147. The van der Waals surface area contributed by atoms with E-state index in [9.17, 15) is 14.4 Å². The molecule has 1 saturated carbocycles. The van der Waals surface area contributed by atoms with Crippen molar-refractivity contribution in [2.45, 2.75) is 52.1 Å². The van der Waals surface area contributed by atoms with Gasteiger partial charge in [-0.25, -0.2) is 9.78 Å². The fourth-order valence-corrected chi connectivity index (χ4v) is 4.81. The largest absolute Gasteiger partial charge is 0.465 e. The zero-order chi connectivity index (χ0) is 25.4. The summed E-state index contributed by atoms with van der Waals surface area (Å²) in [5.41, 5.74) is 0.173. The molecule has 2 aliphatic rings. The second-order valence-corrected chi connectivity index (χ2v) is 10.2. The number of aromatic nitrogens is 3. The van der Waals surface area contributed by atoms with Crippen molar-refractivity contribution < 1.29 is 13.9 Å². The molecule has 3 aromatic rings. The fourth-order valence-electron chi connectivity index (χ4n) is 4.81. The van der Waals surface area contributed by atoms with Crippen LogP contribution in [0, 0.1) is 12.8 Å². The molecule has 0 radical (unpaired) electrons. The number of carbonyl (C=O) groups is 1. The smallest absolute Gasteiger partial charge is 0.330 e. The molecule has 0 bridgehead atoms. The topological polar surface area (TPSA) is 122 Å². The number of morpholine rings is 1. The quantitative estimate of drug-likeness (QED) is 0.492. The zero-order valence-corrected chi connectivity index (χ0v) is 21.0. The summed E-state index contributed by atoms with van der Waals surface area (Å²) in [7, 11) is 0. The van der Waals surface area contributed by atoms with E-state index in [1.54, 1.807) is 6.07 Å². The van der Waals surface area contributed by atoms with Crippen LogP contribution < -0.4 is 16.6 Å². The fraction of sp³-hybridized carbons (Fsp3) is 0.538. The van der Waals surface area contributed by atoms with Gasteiger partial charge in [-0.2, -0.15) is 0 Å². The van der Waals surface area contributed by atoms with Gasteiger partial charge in [0.05, 0.1) is 30.2 Å². The van der Waals surface area contributed by atoms with E-state index in [0.29, 0.717) is 26.3 Å². The predicted octanol–water partition coefficient (Wildman–Crippen LogP) is 2.32. The molecule has 5 rings (SSSR count). The summed E-state index contributed by atoms with van der Waals surface area (Å²) in [5, 5.41) is 3.18. The minimum Gasteiger partial charge on any atom is -0.465 e. The molecule has 1 unspecified atom stereocenters. The van der Waals surface area contributed by atoms with E-state index in [0.717, 1.165) is 43.1 Å². The lowest BCUT2D eigenvalue weighted by Crippen LogP contribution is -2.44. The van der Waals surface area contributed by atoms with Crippen LogP contribution in [0.4, 0.5) is 0 Å². The lowest BCUT2D eigenvalue weighted by molar-refractivity contribution is 0.0117. The van der Waals surface area contributed by atoms with Crippen LogP contribution in [0.15, 0.2) is 32.2 Å². The highest BCUT2D eigenvalue weighted by molar-refractivity contribution is 6.05. The first-order valence-electron chi connectivity index (χ1n) is 12.7. The maximum atomic E-state index is 13.6. The van der Waals surface area contributed by atoms with E-state index >= 15 is 0 Å². The van der Waals surface area contributed by atoms with Crippen LogP contribution in [0.1, 0.15) is 66.2 Å². The molecule has 2 fully saturated rings. The van der Waals surface area contributed by atoms with E-state index < -0.39 is 11.2 Å². The summed E-state index contributed by atoms with van der Waals surface area (Å²) in [6, 6.07) is 5.40. The van der Waals surface area contributed by atoms with Gasteiger partial charge in [0.25, 0.3) is 11.5 Å². The SMILES string of the molecule is Cc1ccc(C(CNC(=O)c2cc(C3CC3)nc3c2c(=O)[nH]c(=O)n3CC(C)C)N2CCOCC2)o1. The van der Waals surface area contributed by atoms with Crippen LogP contribution in [0.2, 0.25) is 0 Å². The van der Waals surface area contributed by atoms with E-state index in [1.807, 2.05) is 32.9 Å². The average molecular weight is 496 g/mol. The van der Waals surface area contributed by atoms with Crippen LogP contribution in [0.3, 0.4) is 0 Å². The number of pyridine rings is 1. The van der Waals surface area contributed by atoms with Crippen LogP contribution in [-0.4, -0.2) is 58.2 Å². The number of hydrogen-bond donors (Lipinski definition) is 2. The maximum absolute atomic E-state index is 13.6. The van der Waals surface area contributed by atoms with Crippen molar-refractivity contribution in [1.82, 2.24) is 24.8 Å². The molecule has 1 atom stereocenters. The highest BCUT2D eigenvalue weighted by Crippen LogP contribution is 2.40. The molecule has 192 valence electrons. The highest BCUT2D eigenvalue weighted by Gasteiger charge is 2.30. The Morgan fingerprint density at radius 2 is 1.97 bits per heavy atom. The Morgan fingerprint density at radius 3 is 2.61 bits per heavy atom. The molecule has 1 amide bonds. The summed E-state index contributed by atoms with van der Waals surface area (Å²) in [6.45, 7) is 9.26. The van der Waals surface area contributed by atoms with E-state index in [2.05, 4.69) is 15.2 Å². The number of aromatic amines is 1. The number of aryl methyl sites for hydroxylation is 1. The Morgan fingerprint density at radius 1 is 1.22 bits per heavy atom. The van der Waals surface area contributed by atoms with Crippen LogP contribution in [-0.2, 0) is 11.3 Å². The van der Waals surface area contributed by atoms with Crippen LogP contribution >= 0.6 is 0 Å². The number of furan rings is 1. The summed E-state index contributed by atoms with van der Waals surface area (Å²) in [5.74, 6) is 1.61. The van der Waals surface area contributed by atoms with Crippen molar-refractivity contribution in [3.05, 3.63) is 61.8 Å². The third-order valence-electron chi connectivity index (χ3n) is 6.79. The molecule has 10 nitrogen and oxygen atoms in total. The molecular formula is C26H33N5O5. The first-order valence-corrected chi connectivity index (χ1v) is 12.7. The molecule has 2 N–H and O–H groups in total. The lowest BCUT2D eigenvalue weighted by atomic mass is 10.1. The molecule has 4 heterocycles. The number of amides is 1. The molecule has 0 aromatic carbocycles. The van der Waals surface area contributed by atoms with E-state index in [1.165, 1.54) is 4.57 Å². The van der Waals surface area contributed by atoms with E-state index in [-0.39, 0.29) is 40.4 Å². The standard InChI is InChI=1S/C26H33N5O5/c1-15(2)14-31-23-22(25(33)29-26(31)34)18(12-19(28-23)17-5-6-17)24(32)27-13-20(21-7-4-16(3)36-21)30-8-10-35-11-9-30/h4,7,12,15,17,20H,5-6,8-11,13-14H2,1-3H3,(H,27,32)(H,29,33,34). The van der Waals surface area contributed by atoms with Gasteiger partial charge in [-0.3, -0.25) is 24.0 Å². The molecular weight excluding hydrogens is 462 g/mol. The first kappa shape index (κ1) is 24.5. The molecule has 3 aromatic heterocycles. The molecule has 1 saturated heterocycles. The van der Waals surface area contributed by atoms with Crippen molar-refractivity contribution in [2.75, 3.05) is 32.8 Å². The number of carbonyl (C=O) groups excluding carboxylic acids is 1. The molecule has 10 heteroatoms. The second-order valence-electron chi connectivity index (χ2n) is 10.2. The van der Waals surface area contributed by atoms with Gasteiger partial charge in [-0.05, 0) is 43.9 Å². The third-order valence-corrected chi connectivity index (χ3v) is 6.79. The minimum atomic E-state index is -0.596. The number of H-pyrrole nitrogens is 1. The monoisotopic (exact) mass is 495 g/mol. The van der Waals surface area contributed by atoms with Crippen molar-refractivity contribution in [1.29, 1.82) is 0 Å². The molecule has 1 aliphatic heterocycles. The van der Waals surface area contributed by atoms with Gasteiger partial charge < -0.3 is 14.5 Å². The Kier molecular flexibility index (Phi) is 6.81. The van der Waals surface area contributed by atoms with Crippen molar-refractivity contribution in [3.8, 4) is 0 Å². The Balaban J connectivity index is 1.51. The average Bonchev–Trinajstić information content (AvgIpc) is 3.62. The number of fused-ring (bicyclic) bond motifs is 1. The predicted molar refractivity (Wildman–Crippen MR) is 134 cm³/mol. The van der Waals surface area contributed by atoms with Crippen LogP contribution in [0.25, 0.3) is 11.0 Å². The number of rotatable bonds is 8. The second kappa shape index (κ2) is 10.0. The number of nitrogens with zero attached hydrogens (tertiary/aromatic N) is 3. The molecule has 0 spiro atoms. The molecule has 1 aliphatic carbocycles. The summed E-state index contributed by atoms with van der Waals surface area (Å²) in [4.78, 5) is 48.5. The Bertz CT molecular complexity index is 1380. The van der Waals surface area contributed by atoms with Gasteiger partial charge in [0.1, 0.15) is 11.5 Å². The van der Waals surface area contributed by atoms with Crippen molar-refractivity contribution in [2.24, 2.45) is 5.92 Å². The van der Waals surface area contributed by atoms with Gasteiger partial charge in [-0.15, -0.1) is 0 Å². The van der Waals surface area contributed by atoms with Gasteiger partial charge in [0.2, 0.25) is 0 Å². The van der Waals surface area contributed by atoms with Gasteiger partial charge in [0.15, 0.2) is 5.65 Å². The molecule has 36 heavy (non-hydrogen) atoms. The normalized spacial score (nSPS) is 17.6. The Labute approximate surface area is 208 Å². The van der Waals surface area contributed by atoms with Crippen molar-refractivity contribution >= 4 is 16.9 Å². The van der Waals surface area contributed by atoms with Gasteiger partial charge in [-0.1, -0.05) is 13.8 Å². The number of hydrogen-bond acceptors (Lipinski definition) is 7. The summed E-state index contributed by atoms with van der Waals surface area (Å²) in [6.07, 6.45) is 1.96. The van der Waals surface area contributed by atoms with Gasteiger partial charge in [0, 0.05) is 37.8 Å². The first-order chi connectivity index (χ1) is 17.3. The zero-order valence-electron chi connectivity index (χ0n) is 21.0. The third kappa shape index (κ3) is 5.01.